The van der Waals surface area contributed by atoms with Crippen molar-refractivity contribution < 1.29 is 41.5 Å². The van der Waals surface area contributed by atoms with E-state index in [1.165, 1.54) is 32.7 Å². The number of aryl methyl sites for hydroxylation is 2. The van der Waals surface area contributed by atoms with Gasteiger partial charge in [0.2, 0.25) is 0 Å². The third-order valence-electron chi connectivity index (χ3n) is 11.9. The maximum Gasteiger partial charge on any atom is 2.00 e. The fraction of sp³-hybridized carbons (Fsp3) is 0.0667. The van der Waals surface area contributed by atoms with Crippen LogP contribution in [-0.4, -0.2) is 22.2 Å². The zero-order chi connectivity index (χ0) is 44.2. The van der Waals surface area contributed by atoms with Crippen molar-refractivity contribution in [3.05, 3.63) is 299 Å². The van der Waals surface area contributed by atoms with E-state index < -0.39 is 22.8 Å². The Labute approximate surface area is 395 Å². The Hall–Kier alpha value is -7.37. The topological polar surface area (TPSA) is 74.6 Å². The molecule has 0 aliphatic carbocycles. The molecule has 0 spiro atoms. The Kier molecular flexibility index (Phi) is 15.0. The van der Waals surface area contributed by atoms with Gasteiger partial charge in [-0.15, -0.1) is 81.2 Å². The van der Waals surface area contributed by atoms with Gasteiger partial charge in [0.1, 0.15) is 10.8 Å². The molecule has 0 amide bonds. The van der Waals surface area contributed by atoms with Crippen molar-refractivity contribution in [2.75, 3.05) is 0 Å². The molecule has 316 valence electrons. The van der Waals surface area contributed by atoms with Gasteiger partial charge < -0.3 is 10.2 Å². The van der Waals surface area contributed by atoms with Gasteiger partial charge in [-0.05, 0) is 46.2 Å². The number of rotatable bonds is 11. The quantitative estimate of drug-likeness (QED) is 0.0771. The minimum absolute atomic E-state index is 0. The van der Waals surface area contributed by atoms with Gasteiger partial charge in [0.05, 0.1) is 0 Å². The maximum atomic E-state index is 12.4. The number of benzene rings is 8. The molecule has 0 bridgehead atoms. The van der Waals surface area contributed by atoms with Crippen molar-refractivity contribution in [2.45, 2.75) is 23.7 Å². The molecular formula is C60H48O4Ti. The molecule has 65 heavy (non-hydrogen) atoms. The second-order valence-corrected chi connectivity index (χ2v) is 15.8. The molecule has 0 aliphatic rings. The molecule has 2 N–H and O–H groups in total. The van der Waals surface area contributed by atoms with E-state index in [4.69, 9.17) is 0 Å². The summed E-state index contributed by atoms with van der Waals surface area (Å²) in [6.07, 6.45) is 2.23. The first-order valence-electron chi connectivity index (χ1n) is 21.5. The van der Waals surface area contributed by atoms with Crippen LogP contribution >= 0.6 is 0 Å². The van der Waals surface area contributed by atoms with Crippen molar-refractivity contribution in [1.82, 2.24) is 0 Å². The molecule has 4 nitrogen and oxygen atoms in total. The summed E-state index contributed by atoms with van der Waals surface area (Å²) in [7, 11) is 0. The van der Waals surface area contributed by atoms with Gasteiger partial charge in [-0.1, -0.05) is 194 Å². The molecule has 0 aromatic heterocycles. The molecule has 10 aromatic rings. The van der Waals surface area contributed by atoms with Gasteiger partial charge in [0.25, 0.3) is 0 Å². The van der Waals surface area contributed by atoms with Crippen LogP contribution in [-0.2, 0) is 55.0 Å². The molecule has 0 fully saturated rings. The number of aliphatic carboxylic acids is 2. The average molecular weight is 881 g/mol. The fourth-order valence-corrected chi connectivity index (χ4v) is 8.88. The van der Waals surface area contributed by atoms with E-state index in [0.29, 0.717) is 0 Å². The zero-order valence-electron chi connectivity index (χ0n) is 35.9. The number of fused-ring (bicyclic) bond motifs is 2. The molecule has 10 rings (SSSR count). The summed E-state index contributed by atoms with van der Waals surface area (Å²) >= 11 is 0. The monoisotopic (exact) mass is 880 g/mol. The molecule has 5 heteroatoms. The van der Waals surface area contributed by atoms with Crippen LogP contribution in [0.1, 0.15) is 44.5 Å². The van der Waals surface area contributed by atoms with Crippen molar-refractivity contribution in [3.8, 4) is 0 Å². The second kappa shape index (κ2) is 21.3. The van der Waals surface area contributed by atoms with Gasteiger partial charge in [-0.2, -0.15) is 12.1 Å². The molecule has 10 aromatic carbocycles. The molecule has 0 saturated heterocycles. The van der Waals surface area contributed by atoms with Crippen LogP contribution < -0.4 is 0 Å². The largest absolute Gasteiger partial charge is 2.00 e. The van der Waals surface area contributed by atoms with Crippen LogP contribution in [0, 0.1) is 0 Å². The van der Waals surface area contributed by atoms with E-state index in [1.54, 1.807) is 0 Å². The van der Waals surface area contributed by atoms with Crippen LogP contribution in [0.5, 0.6) is 0 Å². The molecule has 0 unspecified atom stereocenters. The summed E-state index contributed by atoms with van der Waals surface area (Å²) in [6, 6.07) is 82.7. The van der Waals surface area contributed by atoms with Gasteiger partial charge in [-0.25, -0.2) is 0 Å². The zero-order valence-corrected chi connectivity index (χ0v) is 37.4. The summed E-state index contributed by atoms with van der Waals surface area (Å²) in [5.41, 5.74) is 4.97. The number of hydrogen-bond acceptors (Lipinski definition) is 2. The van der Waals surface area contributed by atoms with Gasteiger partial charge in [0.15, 0.2) is 0 Å². The first kappa shape index (κ1) is 45.7. The Morgan fingerprint density at radius 3 is 0.769 bits per heavy atom. The second-order valence-electron chi connectivity index (χ2n) is 15.8. The summed E-state index contributed by atoms with van der Waals surface area (Å²) in [5, 5.41) is 25.8. The number of carboxylic acid groups (broad SMARTS) is 2. The van der Waals surface area contributed by atoms with Crippen molar-refractivity contribution in [3.63, 3.8) is 0 Å². The van der Waals surface area contributed by atoms with E-state index >= 15 is 0 Å². The standard InChI is InChI=1S/2C20H16O2.C20H16.Ti/c2*21-19(22)20(16-10-4-1-5-11-16,17-12-6-2-7-13-17)18-14-8-3-9-15-18;1-2-6-18-12-15(11-17(18)5-1)9-10-16-13-19-7-3-4-8-20(19)14-16;/h2*1-15H,(H,21,22);1-8,11-14H,9-10H2;/q;;-2;+2. The van der Waals surface area contributed by atoms with E-state index in [-0.39, 0.29) is 21.7 Å². The van der Waals surface area contributed by atoms with Crippen molar-refractivity contribution in [2.24, 2.45) is 0 Å². The molecule has 0 saturated carbocycles. The Balaban J connectivity index is 0.000000144. The average Bonchev–Trinajstić information content (AvgIpc) is 3.98. The Morgan fingerprint density at radius 2 is 0.554 bits per heavy atom. The first-order chi connectivity index (χ1) is 31.4. The van der Waals surface area contributed by atoms with Crippen LogP contribution in [0.2, 0.25) is 0 Å². The predicted octanol–water partition coefficient (Wildman–Crippen LogP) is 13.4. The maximum absolute atomic E-state index is 12.4. The molecule has 0 aliphatic heterocycles. The van der Waals surface area contributed by atoms with E-state index in [9.17, 15) is 19.8 Å². The van der Waals surface area contributed by atoms with Crippen molar-refractivity contribution in [1.29, 1.82) is 0 Å². The normalized spacial score (nSPS) is 11.0. The summed E-state index contributed by atoms with van der Waals surface area (Å²) in [6.45, 7) is 0. The Bertz CT molecular complexity index is 2560. The van der Waals surface area contributed by atoms with Crippen LogP contribution in [0.25, 0.3) is 21.5 Å². The number of hydrogen-bond donors (Lipinski definition) is 2. The third kappa shape index (κ3) is 9.76. The smallest absolute Gasteiger partial charge is 0.480 e. The fourth-order valence-electron chi connectivity index (χ4n) is 8.88. The van der Waals surface area contributed by atoms with Crippen LogP contribution in [0.3, 0.4) is 0 Å². The minimum Gasteiger partial charge on any atom is -0.480 e. The number of carbonyl (C=O) groups is 2. The van der Waals surface area contributed by atoms with Gasteiger partial charge in [0, 0.05) is 0 Å². The summed E-state index contributed by atoms with van der Waals surface area (Å²) in [4.78, 5) is 24.8. The van der Waals surface area contributed by atoms with Crippen molar-refractivity contribution >= 4 is 33.5 Å². The minimum atomic E-state index is -1.20. The van der Waals surface area contributed by atoms with Crippen LogP contribution in [0.4, 0.5) is 0 Å². The van der Waals surface area contributed by atoms with Gasteiger partial charge >= 0.3 is 33.7 Å². The molecular weight excluding hydrogens is 833 g/mol. The molecule has 0 radical (unpaired) electrons. The Morgan fingerprint density at radius 1 is 0.338 bits per heavy atom. The molecule has 0 heterocycles. The third-order valence-corrected chi connectivity index (χ3v) is 11.9. The van der Waals surface area contributed by atoms with Crippen LogP contribution in [0.15, 0.2) is 255 Å². The van der Waals surface area contributed by atoms with E-state index in [1.807, 2.05) is 182 Å². The SMILES string of the molecule is O=C(O)C(c1ccccc1)(c1ccccc1)c1ccccc1.O=C(O)C(c1ccccc1)(c1ccccc1)c1ccccc1.[Ti+2].c1ccc2[cH-]c(CCc3cc4ccccc4[cH-]3)cc2c1. The van der Waals surface area contributed by atoms with E-state index in [2.05, 4.69) is 72.8 Å². The summed E-state index contributed by atoms with van der Waals surface area (Å²) in [5.74, 6) is -1.76. The molecule has 0 atom stereocenters. The first-order valence-corrected chi connectivity index (χ1v) is 21.5. The summed E-state index contributed by atoms with van der Waals surface area (Å²) < 4.78 is 0. The predicted molar refractivity (Wildman–Crippen MR) is 260 cm³/mol. The number of carboxylic acids is 2. The van der Waals surface area contributed by atoms with E-state index in [0.717, 1.165) is 46.2 Å². The van der Waals surface area contributed by atoms with Gasteiger partial charge in [-0.3, -0.25) is 9.59 Å².